The van der Waals surface area contributed by atoms with Gasteiger partial charge in [-0.15, -0.1) is 0 Å². The summed E-state index contributed by atoms with van der Waals surface area (Å²) in [6.07, 6.45) is 5.99. The fourth-order valence-corrected chi connectivity index (χ4v) is 3.27. The lowest BCUT2D eigenvalue weighted by Gasteiger charge is -2.33. The Morgan fingerprint density at radius 2 is 1.88 bits per heavy atom. The van der Waals surface area contributed by atoms with Crippen LogP contribution < -0.4 is 5.32 Å². The molecule has 0 bridgehead atoms. The fourth-order valence-electron chi connectivity index (χ4n) is 3.27. The molecular formula is C17H25N5O3. The second-order valence-corrected chi connectivity index (χ2v) is 6.37. The number of ether oxygens (including phenoxy) is 1. The smallest absolute Gasteiger partial charge is 0.409 e. The van der Waals surface area contributed by atoms with Crippen molar-refractivity contribution in [1.29, 1.82) is 0 Å². The van der Waals surface area contributed by atoms with E-state index in [9.17, 15) is 9.59 Å². The number of piperazine rings is 1. The summed E-state index contributed by atoms with van der Waals surface area (Å²) in [6, 6.07) is 2.04. The van der Waals surface area contributed by atoms with E-state index < -0.39 is 0 Å². The molecule has 2 aliphatic rings. The molecule has 1 saturated carbocycles. The Morgan fingerprint density at radius 1 is 1.20 bits per heavy atom. The zero-order valence-electron chi connectivity index (χ0n) is 14.6. The third-order valence-corrected chi connectivity index (χ3v) is 4.66. The number of aromatic nitrogens is 2. The number of nitrogens with one attached hydrogen (secondary N) is 1. The van der Waals surface area contributed by atoms with Crippen LogP contribution in [0.2, 0.25) is 0 Å². The minimum absolute atomic E-state index is 0.125. The van der Waals surface area contributed by atoms with Gasteiger partial charge in [0.15, 0.2) is 0 Å². The average Bonchev–Trinajstić information content (AvgIpc) is 3.15. The molecule has 8 heteroatoms. The Bertz CT molecular complexity index is 610. The summed E-state index contributed by atoms with van der Waals surface area (Å²) in [4.78, 5) is 36.3. The molecule has 1 aromatic rings. The van der Waals surface area contributed by atoms with Gasteiger partial charge in [-0.3, -0.25) is 4.79 Å². The van der Waals surface area contributed by atoms with Gasteiger partial charge in [0.1, 0.15) is 5.69 Å². The normalized spacial score (nSPS) is 18.3. The van der Waals surface area contributed by atoms with E-state index in [2.05, 4.69) is 15.3 Å². The summed E-state index contributed by atoms with van der Waals surface area (Å²) in [6.45, 7) is 4.05. The highest BCUT2D eigenvalue weighted by Crippen LogP contribution is 2.20. The number of anilines is 1. The molecule has 0 radical (unpaired) electrons. The van der Waals surface area contributed by atoms with Crippen LogP contribution in [0.25, 0.3) is 0 Å². The Labute approximate surface area is 147 Å². The van der Waals surface area contributed by atoms with Gasteiger partial charge in [-0.05, 0) is 25.8 Å². The number of rotatable bonds is 4. The molecule has 2 fully saturated rings. The number of carbonyl (C=O) groups is 2. The van der Waals surface area contributed by atoms with Crippen LogP contribution >= 0.6 is 0 Å². The molecule has 2 amide bonds. The quantitative estimate of drug-likeness (QED) is 0.893. The molecule has 8 nitrogen and oxygen atoms in total. The van der Waals surface area contributed by atoms with E-state index in [1.807, 2.05) is 0 Å². The molecule has 2 heterocycles. The van der Waals surface area contributed by atoms with E-state index in [0.29, 0.717) is 50.5 Å². The monoisotopic (exact) mass is 347 g/mol. The molecule has 0 atom stereocenters. The highest BCUT2D eigenvalue weighted by molar-refractivity contribution is 5.92. The number of amides is 2. The van der Waals surface area contributed by atoms with E-state index in [1.54, 1.807) is 29.0 Å². The highest BCUT2D eigenvalue weighted by atomic mass is 16.6. The largest absolute Gasteiger partial charge is 0.450 e. The third kappa shape index (κ3) is 4.37. The van der Waals surface area contributed by atoms with E-state index in [-0.39, 0.29) is 12.0 Å². The van der Waals surface area contributed by atoms with E-state index in [0.717, 1.165) is 12.8 Å². The van der Waals surface area contributed by atoms with Gasteiger partial charge >= 0.3 is 6.09 Å². The summed E-state index contributed by atoms with van der Waals surface area (Å²) in [5.41, 5.74) is 0.389. The second kappa shape index (κ2) is 8.13. The predicted octanol–water partition coefficient (Wildman–Crippen LogP) is 1.75. The van der Waals surface area contributed by atoms with E-state index in [4.69, 9.17) is 4.74 Å². The summed E-state index contributed by atoms with van der Waals surface area (Å²) in [7, 11) is 0. The van der Waals surface area contributed by atoms with Crippen molar-refractivity contribution in [2.24, 2.45) is 0 Å². The van der Waals surface area contributed by atoms with Crippen molar-refractivity contribution in [2.75, 3.05) is 38.1 Å². The Kier molecular flexibility index (Phi) is 5.67. The van der Waals surface area contributed by atoms with E-state index >= 15 is 0 Å². The lowest BCUT2D eigenvalue weighted by atomic mass is 10.2. The molecular weight excluding hydrogens is 322 g/mol. The first-order valence-electron chi connectivity index (χ1n) is 8.98. The Morgan fingerprint density at radius 3 is 2.56 bits per heavy atom. The molecule has 1 saturated heterocycles. The van der Waals surface area contributed by atoms with Crippen LogP contribution in [0.5, 0.6) is 0 Å². The highest BCUT2D eigenvalue weighted by Gasteiger charge is 2.26. The first-order valence-corrected chi connectivity index (χ1v) is 8.98. The van der Waals surface area contributed by atoms with Crippen molar-refractivity contribution in [2.45, 2.75) is 38.6 Å². The number of nitrogens with zero attached hydrogens (tertiary/aromatic N) is 4. The van der Waals surface area contributed by atoms with Crippen LogP contribution in [0.1, 0.15) is 43.1 Å². The summed E-state index contributed by atoms with van der Waals surface area (Å²) in [5.74, 6) is 0.392. The van der Waals surface area contributed by atoms with Crippen molar-refractivity contribution in [3.8, 4) is 0 Å². The molecule has 1 aromatic heterocycles. The zero-order valence-corrected chi connectivity index (χ0v) is 14.6. The maximum absolute atomic E-state index is 12.7. The van der Waals surface area contributed by atoms with Crippen LogP contribution in [0.3, 0.4) is 0 Å². The van der Waals surface area contributed by atoms with Gasteiger partial charge in [-0.25, -0.2) is 14.8 Å². The van der Waals surface area contributed by atoms with Gasteiger partial charge < -0.3 is 19.9 Å². The molecule has 1 aliphatic heterocycles. The van der Waals surface area contributed by atoms with E-state index in [1.165, 1.54) is 12.8 Å². The van der Waals surface area contributed by atoms with Gasteiger partial charge in [0.25, 0.3) is 5.91 Å². The summed E-state index contributed by atoms with van der Waals surface area (Å²) >= 11 is 0. The maximum atomic E-state index is 12.7. The van der Waals surface area contributed by atoms with Crippen molar-refractivity contribution >= 4 is 17.9 Å². The van der Waals surface area contributed by atoms with Crippen LogP contribution in [0.4, 0.5) is 10.7 Å². The van der Waals surface area contributed by atoms with Gasteiger partial charge in [0.05, 0.1) is 6.61 Å². The summed E-state index contributed by atoms with van der Waals surface area (Å²) in [5, 5.41) is 3.31. The Balaban J connectivity index is 1.57. The minimum Gasteiger partial charge on any atom is -0.450 e. The van der Waals surface area contributed by atoms with Gasteiger partial charge in [-0.1, -0.05) is 12.8 Å². The summed E-state index contributed by atoms with van der Waals surface area (Å²) < 4.78 is 5.00. The second-order valence-electron chi connectivity index (χ2n) is 6.37. The molecule has 3 rings (SSSR count). The van der Waals surface area contributed by atoms with Crippen LogP contribution in [-0.2, 0) is 4.74 Å². The topological polar surface area (TPSA) is 87.7 Å². The van der Waals surface area contributed by atoms with Crippen molar-refractivity contribution < 1.29 is 14.3 Å². The minimum atomic E-state index is -0.320. The average molecular weight is 347 g/mol. The van der Waals surface area contributed by atoms with Crippen molar-refractivity contribution in [1.82, 2.24) is 19.8 Å². The molecule has 0 unspecified atom stereocenters. The molecule has 25 heavy (non-hydrogen) atoms. The SMILES string of the molecule is CCOC(=O)N1CCN(C(=O)c2ccnc(NC3CCCC3)n2)CC1. The molecule has 0 spiro atoms. The number of hydrogen-bond acceptors (Lipinski definition) is 6. The number of hydrogen-bond donors (Lipinski definition) is 1. The van der Waals surface area contributed by atoms with Crippen molar-refractivity contribution in [3.05, 3.63) is 18.0 Å². The van der Waals surface area contributed by atoms with Crippen molar-refractivity contribution in [3.63, 3.8) is 0 Å². The fraction of sp³-hybridized carbons (Fsp3) is 0.647. The standard InChI is InChI=1S/C17H25N5O3/c1-2-25-17(24)22-11-9-21(10-12-22)15(23)14-7-8-18-16(20-14)19-13-5-3-4-6-13/h7-8,13H,2-6,9-12H2,1H3,(H,18,19,20). The van der Waals surface area contributed by atoms with Gasteiger partial charge in [-0.2, -0.15) is 0 Å². The predicted molar refractivity (Wildman–Crippen MR) is 92.4 cm³/mol. The first kappa shape index (κ1) is 17.4. The molecule has 0 aromatic carbocycles. The lowest BCUT2D eigenvalue weighted by Crippen LogP contribution is -2.50. The third-order valence-electron chi connectivity index (χ3n) is 4.66. The van der Waals surface area contributed by atoms with Crippen LogP contribution in [-0.4, -0.2) is 70.6 Å². The molecule has 1 N–H and O–H groups in total. The van der Waals surface area contributed by atoms with Gasteiger partial charge in [0, 0.05) is 38.4 Å². The lowest BCUT2D eigenvalue weighted by molar-refractivity contribution is 0.0566. The maximum Gasteiger partial charge on any atom is 0.409 e. The molecule has 136 valence electrons. The van der Waals surface area contributed by atoms with Gasteiger partial charge in [0.2, 0.25) is 5.95 Å². The first-order chi connectivity index (χ1) is 12.2. The number of carbonyl (C=O) groups excluding carboxylic acids is 2. The van der Waals surface area contributed by atoms with Crippen LogP contribution in [0.15, 0.2) is 12.3 Å². The molecule has 1 aliphatic carbocycles. The Hall–Kier alpha value is -2.38. The zero-order chi connectivity index (χ0) is 17.6. The van der Waals surface area contributed by atoms with Crippen LogP contribution in [0, 0.1) is 0 Å².